The molecule has 0 aliphatic heterocycles. The van der Waals surface area contributed by atoms with Gasteiger partial charge in [-0.2, -0.15) is 0 Å². The van der Waals surface area contributed by atoms with Gasteiger partial charge in [0, 0.05) is 10.9 Å². The summed E-state index contributed by atoms with van der Waals surface area (Å²) >= 11 is 3.40. The lowest BCUT2D eigenvalue weighted by Crippen LogP contribution is -1.80. The van der Waals surface area contributed by atoms with E-state index in [1.54, 1.807) is 12.5 Å². The fraction of sp³-hybridized carbons (Fsp3) is 0.100. The van der Waals surface area contributed by atoms with Gasteiger partial charge >= 0.3 is 0 Å². The highest BCUT2D eigenvalue weighted by atomic mass is 79.9. The number of benzene rings is 1. The van der Waals surface area contributed by atoms with E-state index in [-0.39, 0.29) is 0 Å². The van der Waals surface area contributed by atoms with Crippen molar-refractivity contribution in [2.75, 3.05) is 0 Å². The minimum absolute atomic E-state index is 0.669. The highest BCUT2D eigenvalue weighted by Gasteiger charge is 2.01. The van der Waals surface area contributed by atoms with E-state index >= 15 is 0 Å². The molecule has 0 saturated heterocycles. The summed E-state index contributed by atoms with van der Waals surface area (Å²) in [6.07, 6.45) is 3.23. The Morgan fingerprint density at radius 1 is 1.38 bits per heavy atom. The molecule has 3 heteroatoms. The van der Waals surface area contributed by atoms with Crippen LogP contribution in [-0.2, 0) is 5.33 Å². The first kappa shape index (κ1) is 8.51. The summed E-state index contributed by atoms with van der Waals surface area (Å²) in [5.74, 6) is 0.669. The third-order valence-corrected chi connectivity index (χ3v) is 2.41. The quantitative estimate of drug-likeness (QED) is 0.750. The van der Waals surface area contributed by atoms with Crippen molar-refractivity contribution in [1.82, 2.24) is 4.98 Å². The van der Waals surface area contributed by atoms with Crippen molar-refractivity contribution in [2.45, 2.75) is 5.33 Å². The first-order valence-corrected chi connectivity index (χ1v) is 5.07. The minimum Gasteiger partial charge on any atom is -0.445 e. The van der Waals surface area contributed by atoms with Crippen molar-refractivity contribution in [3.05, 3.63) is 42.3 Å². The van der Waals surface area contributed by atoms with Crippen molar-refractivity contribution in [2.24, 2.45) is 0 Å². The maximum Gasteiger partial charge on any atom is 0.225 e. The molecule has 1 aromatic heterocycles. The molecule has 2 rings (SSSR count). The third-order valence-electron chi connectivity index (χ3n) is 1.76. The molecule has 0 aliphatic rings. The maximum atomic E-state index is 5.19. The van der Waals surface area contributed by atoms with Gasteiger partial charge in [0.05, 0.1) is 6.20 Å². The zero-order valence-corrected chi connectivity index (χ0v) is 8.49. The van der Waals surface area contributed by atoms with Gasteiger partial charge in [-0.15, -0.1) is 0 Å². The molecule has 66 valence electrons. The molecule has 0 spiro atoms. The van der Waals surface area contributed by atoms with Gasteiger partial charge in [-0.25, -0.2) is 4.98 Å². The third kappa shape index (κ3) is 1.80. The van der Waals surface area contributed by atoms with E-state index in [4.69, 9.17) is 4.42 Å². The monoisotopic (exact) mass is 237 g/mol. The number of nitrogens with zero attached hydrogens (tertiary/aromatic N) is 1. The average molecular weight is 238 g/mol. The predicted molar refractivity (Wildman–Crippen MR) is 54.6 cm³/mol. The van der Waals surface area contributed by atoms with Crippen molar-refractivity contribution >= 4 is 15.9 Å². The molecule has 0 saturated carbocycles. The Morgan fingerprint density at radius 2 is 2.31 bits per heavy atom. The molecular formula is C10H8BrNO. The highest BCUT2D eigenvalue weighted by molar-refractivity contribution is 9.08. The van der Waals surface area contributed by atoms with Crippen LogP contribution in [-0.4, -0.2) is 4.98 Å². The molecule has 0 fully saturated rings. The van der Waals surface area contributed by atoms with Gasteiger partial charge in [-0.05, 0) is 17.7 Å². The van der Waals surface area contributed by atoms with E-state index in [0.717, 1.165) is 10.9 Å². The number of hydrogen-bond acceptors (Lipinski definition) is 2. The molecule has 2 nitrogen and oxygen atoms in total. The smallest absolute Gasteiger partial charge is 0.225 e. The second kappa shape index (κ2) is 3.75. The number of rotatable bonds is 2. The molecule has 0 atom stereocenters. The van der Waals surface area contributed by atoms with Gasteiger partial charge in [0.15, 0.2) is 0 Å². The summed E-state index contributed by atoms with van der Waals surface area (Å²) in [7, 11) is 0. The van der Waals surface area contributed by atoms with Gasteiger partial charge in [0.2, 0.25) is 5.89 Å². The molecule has 0 unspecified atom stereocenters. The summed E-state index contributed by atoms with van der Waals surface area (Å²) in [4.78, 5) is 4.08. The van der Waals surface area contributed by atoms with Crippen LogP contribution in [0.25, 0.3) is 11.5 Å². The first-order chi connectivity index (χ1) is 6.40. The van der Waals surface area contributed by atoms with Crippen LogP contribution in [0.3, 0.4) is 0 Å². The Bertz CT molecular complexity index is 384. The van der Waals surface area contributed by atoms with Crippen LogP contribution in [0, 0.1) is 0 Å². The summed E-state index contributed by atoms with van der Waals surface area (Å²) in [6.45, 7) is 0. The van der Waals surface area contributed by atoms with Crippen LogP contribution in [0.15, 0.2) is 41.1 Å². The molecule has 1 aromatic carbocycles. The molecular weight excluding hydrogens is 230 g/mol. The summed E-state index contributed by atoms with van der Waals surface area (Å²) in [5.41, 5.74) is 2.23. The lowest BCUT2D eigenvalue weighted by atomic mass is 10.1. The van der Waals surface area contributed by atoms with Crippen LogP contribution < -0.4 is 0 Å². The Morgan fingerprint density at radius 3 is 3.00 bits per heavy atom. The van der Waals surface area contributed by atoms with Crippen LogP contribution in [0.2, 0.25) is 0 Å². The first-order valence-electron chi connectivity index (χ1n) is 3.95. The Balaban J connectivity index is 2.41. The topological polar surface area (TPSA) is 26.0 Å². The predicted octanol–water partition coefficient (Wildman–Crippen LogP) is 3.24. The van der Waals surface area contributed by atoms with Gasteiger partial charge in [-0.3, -0.25) is 0 Å². The molecule has 0 aliphatic carbocycles. The zero-order valence-electron chi connectivity index (χ0n) is 6.90. The van der Waals surface area contributed by atoms with E-state index in [9.17, 15) is 0 Å². The molecule has 2 aromatic rings. The fourth-order valence-corrected chi connectivity index (χ4v) is 1.50. The maximum absolute atomic E-state index is 5.19. The fourth-order valence-electron chi connectivity index (χ4n) is 1.15. The van der Waals surface area contributed by atoms with Gasteiger partial charge in [-0.1, -0.05) is 28.1 Å². The average Bonchev–Trinajstić information content (AvgIpc) is 2.71. The number of hydrogen-bond donors (Lipinski definition) is 0. The molecule has 1 heterocycles. The van der Waals surface area contributed by atoms with Gasteiger partial charge < -0.3 is 4.42 Å². The Labute approximate surface area is 84.7 Å². The number of alkyl halides is 1. The van der Waals surface area contributed by atoms with Crippen molar-refractivity contribution in [3.63, 3.8) is 0 Å². The van der Waals surface area contributed by atoms with Gasteiger partial charge in [0.25, 0.3) is 0 Å². The lowest BCUT2D eigenvalue weighted by molar-refractivity contribution is 0.574. The van der Waals surface area contributed by atoms with E-state index in [2.05, 4.69) is 33.0 Å². The van der Waals surface area contributed by atoms with Crippen molar-refractivity contribution < 1.29 is 4.42 Å². The number of oxazole rings is 1. The minimum atomic E-state index is 0.669. The van der Waals surface area contributed by atoms with E-state index in [1.165, 1.54) is 5.56 Å². The zero-order chi connectivity index (χ0) is 9.10. The molecule has 0 amide bonds. The van der Waals surface area contributed by atoms with Crippen LogP contribution in [0.4, 0.5) is 0 Å². The molecule has 13 heavy (non-hydrogen) atoms. The molecule has 0 bridgehead atoms. The second-order valence-electron chi connectivity index (χ2n) is 2.67. The second-order valence-corrected chi connectivity index (χ2v) is 3.23. The number of aromatic nitrogens is 1. The summed E-state index contributed by atoms with van der Waals surface area (Å²) < 4.78 is 5.19. The van der Waals surface area contributed by atoms with E-state index < -0.39 is 0 Å². The van der Waals surface area contributed by atoms with E-state index in [1.807, 2.05) is 12.1 Å². The molecule has 0 N–H and O–H groups in total. The largest absolute Gasteiger partial charge is 0.445 e. The summed E-state index contributed by atoms with van der Waals surface area (Å²) in [5, 5.41) is 0.849. The highest BCUT2D eigenvalue weighted by Crippen LogP contribution is 2.19. The lowest BCUT2D eigenvalue weighted by Gasteiger charge is -1.97. The Hall–Kier alpha value is -1.09. The Kier molecular flexibility index (Phi) is 2.45. The van der Waals surface area contributed by atoms with Crippen LogP contribution in [0.5, 0.6) is 0 Å². The molecule has 0 radical (unpaired) electrons. The SMILES string of the molecule is BrCc1cccc(-c2ncco2)c1. The van der Waals surface area contributed by atoms with Crippen molar-refractivity contribution in [1.29, 1.82) is 0 Å². The normalized spacial score (nSPS) is 10.2. The van der Waals surface area contributed by atoms with E-state index in [0.29, 0.717) is 5.89 Å². The van der Waals surface area contributed by atoms with Crippen molar-refractivity contribution in [3.8, 4) is 11.5 Å². The number of halogens is 1. The standard InChI is InChI=1S/C10H8BrNO/c11-7-8-2-1-3-9(6-8)10-12-4-5-13-10/h1-6H,7H2. The van der Waals surface area contributed by atoms with Gasteiger partial charge in [0.1, 0.15) is 6.26 Å². The van der Waals surface area contributed by atoms with Crippen LogP contribution in [0.1, 0.15) is 5.56 Å². The van der Waals surface area contributed by atoms with Crippen LogP contribution >= 0.6 is 15.9 Å². The summed E-state index contributed by atoms with van der Waals surface area (Å²) in [6, 6.07) is 8.09.